The van der Waals surface area contributed by atoms with Gasteiger partial charge < -0.3 is 4.74 Å². The van der Waals surface area contributed by atoms with Gasteiger partial charge in [-0.05, 0) is 12.8 Å². The lowest BCUT2D eigenvalue weighted by atomic mass is 9.94. The van der Waals surface area contributed by atoms with E-state index in [1.54, 1.807) is 5.32 Å². The van der Waals surface area contributed by atoms with E-state index in [9.17, 15) is 22.8 Å². The predicted molar refractivity (Wildman–Crippen MR) is 58.0 cm³/mol. The molecule has 0 spiro atoms. The summed E-state index contributed by atoms with van der Waals surface area (Å²) in [6.45, 7) is 0. The molecule has 2 rings (SSSR count). The highest BCUT2D eigenvalue weighted by Crippen LogP contribution is 2.38. The maximum absolute atomic E-state index is 13.0. The van der Waals surface area contributed by atoms with Crippen LogP contribution in [0.5, 0.6) is 0 Å². The number of halogens is 3. The molecule has 2 fully saturated rings. The maximum atomic E-state index is 13.0. The van der Waals surface area contributed by atoms with Crippen molar-refractivity contribution in [1.82, 2.24) is 10.2 Å². The number of urea groups is 1. The number of hydrogen-bond acceptors (Lipinski definition) is 3. The minimum Gasteiger partial charge on any atom is -0.344 e. The van der Waals surface area contributed by atoms with Gasteiger partial charge in [0.05, 0.1) is 0 Å². The second-order valence-electron chi connectivity index (χ2n) is 4.78. The van der Waals surface area contributed by atoms with Crippen molar-refractivity contribution in [2.24, 2.45) is 0 Å². The number of amides is 3. The SMILES string of the molecule is CO[C@]1(C(F)(F)F)NC(=O)N(C2CCCCC2)C1=O. The third-order valence-corrected chi connectivity index (χ3v) is 3.67. The fourth-order valence-electron chi connectivity index (χ4n) is 2.64. The first kappa shape index (κ1) is 14.1. The molecule has 8 heteroatoms. The number of nitrogens with one attached hydrogen (secondary N) is 1. The number of carbonyl (C=O) groups excluding carboxylic acids is 2. The lowest BCUT2D eigenvalue weighted by molar-refractivity contribution is -0.263. The van der Waals surface area contributed by atoms with Crippen LogP contribution in [-0.2, 0) is 9.53 Å². The van der Waals surface area contributed by atoms with Crippen molar-refractivity contribution >= 4 is 11.9 Å². The Bertz CT molecular complexity index is 393. The van der Waals surface area contributed by atoms with Crippen LogP contribution in [0.25, 0.3) is 0 Å². The normalized spacial score (nSPS) is 29.8. The quantitative estimate of drug-likeness (QED) is 0.784. The number of rotatable bonds is 2. The van der Waals surface area contributed by atoms with Crippen LogP contribution in [0.3, 0.4) is 0 Å². The predicted octanol–water partition coefficient (Wildman–Crippen LogP) is 1.78. The first-order valence-electron chi connectivity index (χ1n) is 6.11. The van der Waals surface area contributed by atoms with Crippen LogP contribution in [-0.4, -0.2) is 41.9 Å². The molecule has 0 aromatic carbocycles. The smallest absolute Gasteiger partial charge is 0.344 e. The molecule has 2 aliphatic rings. The van der Waals surface area contributed by atoms with Gasteiger partial charge in [-0.2, -0.15) is 13.2 Å². The van der Waals surface area contributed by atoms with Crippen LogP contribution in [0.15, 0.2) is 0 Å². The van der Waals surface area contributed by atoms with E-state index in [-0.39, 0.29) is 0 Å². The van der Waals surface area contributed by atoms with Gasteiger partial charge in [0.2, 0.25) is 0 Å². The maximum Gasteiger partial charge on any atom is 0.446 e. The average Bonchev–Trinajstić information content (AvgIpc) is 2.62. The summed E-state index contributed by atoms with van der Waals surface area (Å²) in [4.78, 5) is 24.4. The molecule has 1 aliphatic heterocycles. The van der Waals surface area contributed by atoms with Crippen LogP contribution >= 0.6 is 0 Å². The lowest BCUT2D eigenvalue weighted by Gasteiger charge is -2.30. The monoisotopic (exact) mass is 280 g/mol. The van der Waals surface area contributed by atoms with Gasteiger partial charge in [0, 0.05) is 13.2 Å². The Balaban J connectivity index is 2.29. The van der Waals surface area contributed by atoms with Gasteiger partial charge in [-0.15, -0.1) is 0 Å². The molecule has 3 amide bonds. The summed E-state index contributed by atoms with van der Waals surface area (Å²) in [6.07, 6.45) is -1.35. The standard InChI is InChI=1S/C11H15F3N2O3/c1-19-10(11(12,13)14)8(17)16(9(18)15-10)7-5-3-2-4-6-7/h7H,2-6H2,1H3,(H,15,18)/t10-/m1/s1. The van der Waals surface area contributed by atoms with E-state index < -0.39 is 29.9 Å². The molecule has 1 saturated heterocycles. The van der Waals surface area contributed by atoms with Gasteiger partial charge in [0.1, 0.15) is 0 Å². The van der Waals surface area contributed by atoms with Gasteiger partial charge in [0.25, 0.3) is 5.91 Å². The number of hydrogen-bond donors (Lipinski definition) is 1. The molecule has 19 heavy (non-hydrogen) atoms. The summed E-state index contributed by atoms with van der Waals surface area (Å²) in [5.41, 5.74) is -3.23. The summed E-state index contributed by atoms with van der Waals surface area (Å²) in [6, 6.07) is -1.50. The van der Waals surface area contributed by atoms with E-state index in [4.69, 9.17) is 0 Å². The molecule has 0 aromatic rings. The molecule has 108 valence electrons. The third kappa shape index (κ3) is 2.07. The van der Waals surface area contributed by atoms with Crippen LogP contribution in [0.1, 0.15) is 32.1 Å². The average molecular weight is 280 g/mol. The Morgan fingerprint density at radius 3 is 2.26 bits per heavy atom. The van der Waals surface area contributed by atoms with Crippen LogP contribution in [0.4, 0.5) is 18.0 Å². The number of methoxy groups -OCH3 is 1. The van der Waals surface area contributed by atoms with Gasteiger partial charge in [-0.25, -0.2) is 4.79 Å². The summed E-state index contributed by atoms with van der Waals surface area (Å²) >= 11 is 0. The highest BCUT2D eigenvalue weighted by Gasteiger charge is 2.69. The van der Waals surface area contributed by atoms with E-state index >= 15 is 0 Å². The van der Waals surface area contributed by atoms with Crippen molar-refractivity contribution in [3.63, 3.8) is 0 Å². The summed E-state index contributed by atoms with van der Waals surface area (Å²) in [5.74, 6) is -1.36. The fraction of sp³-hybridized carbons (Fsp3) is 0.818. The minimum absolute atomic E-state index is 0.472. The Labute approximate surface area is 108 Å². The molecular weight excluding hydrogens is 265 g/mol. The topological polar surface area (TPSA) is 58.6 Å². The fourth-order valence-corrected chi connectivity index (χ4v) is 2.64. The van der Waals surface area contributed by atoms with Gasteiger partial charge >= 0.3 is 17.9 Å². The zero-order valence-electron chi connectivity index (χ0n) is 10.4. The van der Waals surface area contributed by atoms with Crippen LogP contribution < -0.4 is 5.32 Å². The van der Waals surface area contributed by atoms with Crippen LogP contribution in [0.2, 0.25) is 0 Å². The number of imide groups is 1. The number of ether oxygens (including phenoxy) is 1. The minimum atomic E-state index is -4.99. The van der Waals surface area contributed by atoms with Gasteiger partial charge in [-0.1, -0.05) is 19.3 Å². The molecule has 1 saturated carbocycles. The molecule has 1 N–H and O–H groups in total. The van der Waals surface area contributed by atoms with Gasteiger partial charge in [-0.3, -0.25) is 15.0 Å². The number of nitrogens with zero attached hydrogens (tertiary/aromatic N) is 1. The molecule has 0 aromatic heterocycles. The van der Waals surface area contributed by atoms with E-state index in [1.165, 1.54) is 0 Å². The molecule has 1 heterocycles. The lowest BCUT2D eigenvalue weighted by Crippen LogP contribution is -2.60. The van der Waals surface area contributed by atoms with E-state index in [0.29, 0.717) is 17.7 Å². The molecule has 1 atom stereocenters. The van der Waals surface area contributed by atoms with E-state index in [0.717, 1.165) is 26.4 Å². The summed E-state index contributed by atoms with van der Waals surface area (Å²) in [5, 5.41) is 1.64. The van der Waals surface area contributed by atoms with Crippen molar-refractivity contribution in [2.75, 3.05) is 7.11 Å². The molecule has 0 radical (unpaired) electrons. The van der Waals surface area contributed by atoms with Crippen LogP contribution in [0, 0.1) is 0 Å². The van der Waals surface area contributed by atoms with E-state index in [2.05, 4.69) is 4.74 Å². The Morgan fingerprint density at radius 2 is 1.84 bits per heavy atom. The van der Waals surface area contributed by atoms with Gasteiger partial charge in [0.15, 0.2) is 0 Å². The van der Waals surface area contributed by atoms with Crippen molar-refractivity contribution in [3.8, 4) is 0 Å². The van der Waals surface area contributed by atoms with Crippen molar-refractivity contribution in [2.45, 2.75) is 50.0 Å². The highest BCUT2D eigenvalue weighted by molar-refractivity contribution is 6.07. The van der Waals surface area contributed by atoms with Crippen molar-refractivity contribution in [3.05, 3.63) is 0 Å². The summed E-state index contributed by atoms with van der Waals surface area (Å²) in [7, 11) is 0.760. The van der Waals surface area contributed by atoms with Crippen molar-refractivity contribution in [1.29, 1.82) is 0 Å². The second-order valence-corrected chi connectivity index (χ2v) is 4.78. The molecule has 5 nitrogen and oxygen atoms in total. The molecular formula is C11H15F3N2O3. The molecule has 0 bridgehead atoms. The Morgan fingerprint density at radius 1 is 1.26 bits per heavy atom. The number of carbonyl (C=O) groups is 2. The summed E-state index contributed by atoms with van der Waals surface area (Å²) < 4.78 is 43.3. The Hall–Kier alpha value is -1.31. The zero-order valence-corrected chi connectivity index (χ0v) is 10.4. The second kappa shape index (κ2) is 4.66. The van der Waals surface area contributed by atoms with Crippen molar-refractivity contribution < 1.29 is 27.5 Å². The zero-order chi connectivity index (χ0) is 14.3. The Kier molecular flexibility index (Phi) is 3.46. The highest BCUT2D eigenvalue weighted by atomic mass is 19.4. The first-order valence-corrected chi connectivity index (χ1v) is 6.11. The third-order valence-electron chi connectivity index (χ3n) is 3.67. The largest absolute Gasteiger partial charge is 0.446 e. The first-order chi connectivity index (χ1) is 8.83. The number of alkyl halides is 3. The molecule has 1 aliphatic carbocycles. The van der Waals surface area contributed by atoms with E-state index in [1.807, 2.05) is 0 Å². The molecule has 0 unspecified atom stereocenters.